The first kappa shape index (κ1) is 21.9. The third kappa shape index (κ3) is 4.69. The van der Waals surface area contributed by atoms with Gasteiger partial charge in [-0.15, -0.1) is 0 Å². The number of ether oxygens (including phenoxy) is 2. The molecule has 6 nitrogen and oxygen atoms in total. The van der Waals surface area contributed by atoms with Gasteiger partial charge in [-0.3, -0.25) is 5.73 Å². The largest absolute Gasteiger partial charge is 1.00 e. The number of aliphatic hydroxyl groups is 1. The number of benzene rings is 2. The summed E-state index contributed by atoms with van der Waals surface area (Å²) < 4.78 is 15.1. The summed E-state index contributed by atoms with van der Waals surface area (Å²) in [6.07, 6.45) is 1.46. The van der Waals surface area contributed by atoms with Gasteiger partial charge in [0.15, 0.2) is 11.5 Å². The van der Waals surface area contributed by atoms with Crippen LogP contribution in [0.15, 0.2) is 48.5 Å². The van der Waals surface area contributed by atoms with Crippen LogP contribution in [0.25, 0.3) is 11.0 Å². The predicted molar refractivity (Wildman–Crippen MR) is 106 cm³/mol. The molecule has 0 radical (unpaired) electrons. The number of aryl methyl sites for hydroxylation is 1. The van der Waals surface area contributed by atoms with Crippen LogP contribution in [0.4, 0.5) is 5.95 Å². The van der Waals surface area contributed by atoms with E-state index in [9.17, 15) is 5.11 Å². The van der Waals surface area contributed by atoms with Gasteiger partial charge in [0.05, 0.1) is 13.7 Å². The number of hydrogen-bond acceptors (Lipinski definition) is 4. The Bertz CT molecular complexity index is 898. The molecule has 0 saturated carbocycles. The van der Waals surface area contributed by atoms with Crippen LogP contribution in [-0.4, -0.2) is 29.5 Å². The van der Waals surface area contributed by atoms with Gasteiger partial charge < -0.3 is 27.0 Å². The van der Waals surface area contributed by atoms with Gasteiger partial charge in [-0.05, 0) is 30.7 Å². The van der Waals surface area contributed by atoms with Gasteiger partial charge >= 0.3 is 5.95 Å². The van der Waals surface area contributed by atoms with E-state index in [0.717, 1.165) is 30.4 Å². The fourth-order valence-corrected chi connectivity index (χ4v) is 3.24. The number of rotatable bonds is 9. The highest BCUT2D eigenvalue weighted by molar-refractivity contribution is 5.73. The molecule has 152 valence electrons. The van der Waals surface area contributed by atoms with Gasteiger partial charge in [0.2, 0.25) is 0 Å². The van der Waals surface area contributed by atoms with Gasteiger partial charge in [0.25, 0.3) is 0 Å². The van der Waals surface area contributed by atoms with E-state index in [2.05, 4.69) is 17.6 Å². The molecule has 3 rings (SSSR count). The summed E-state index contributed by atoms with van der Waals surface area (Å²) in [4.78, 5) is 0. The molecule has 0 aliphatic heterocycles. The van der Waals surface area contributed by atoms with Gasteiger partial charge in [-0.1, -0.05) is 37.6 Å². The molecule has 0 spiro atoms. The summed E-state index contributed by atoms with van der Waals surface area (Å²) in [7, 11) is 1.60. The third-order valence-electron chi connectivity index (χ3n) is 4.65. The number of fused-ring (bicyclic) bond motifs is 1. The highest BCUT2D eigenvalue weighted by atomic mass is 35.5. The summed E-state index contributed by atoms with van der Waals surface area (Å²) >= 11 is 0. The molecule has 0 fully saturated rings. The molecule has 0 amide bonds. The maximum absolute atomic E-state index is 10.5. The first-order chi connectivity index (χ1) is 13.2. The SMILES string of the molecule is CCCCn1c(N)[n+](CC(O)COc2ccccc2OC)c2ccccc21.[Cl-]. The number of para-hydroxylation sites is 4. The molecule has 7 heteroatoms. The molecule has 1 unspecified atom stereocenters. The molecule has 1 heterocycles. The number of methoxy groups -OCH3 is 1. The maximum atomic E-state index is 10.5. The van der Waals surface area contributed by atoms with E-state index in [-0.39, 0.29) is 19.0 Å². The maximum Gasteiger partial charge on any atom is 0.356 e. The second-order valence-corrected chi connectivity index (χ2v) is 6.58. The minimum absolute atomic E-state index is 0. The van der Waals surface area contributed by atoms with Crippen LogP contribution in [0.5, 0.6) is 11.5 Å². The van der Waals surface area contributed by atoms with E-state index in [1.807, 2.05) is 47.0 Å². The molecule has 0 bridgehead atoms. The molecule has 0 aliphatic rings. The average molecular weight is 406 g/mol. The Morgan fingerprint density at radius 3 is 2.50 bits per heavy atom. The predicted octanol–water partition coefficient (Wildman–Crippen LogP) is -0.236. The van der Waals surface area contributed by atoms with Crippen molar-refractivity contribution in [3.8, 4) is 11.5 Å². The van der Waals surface area contributed by atoms with E-state index in [0.29, 0.717) is 24.0 Å². The lowest BCUT2D eigenvalue weighted by molar-refractivity contribution is -0.665. The van der Waals surface area contributed by atoms with Crippen molar-refractivity contribution in [1.29, 1.82) is 0 Å². The number of aliphatic hydroxyl groups excluding tert-OH is 1. The number of nitrogens with two attached hydrogens (primary N) is 1. The summed E-state index contributed by atoms with van der Waals surface area (Å²) in [6, 6.07) is 15.5. The second kappa shape index (κ2) is 10.2. The van der Waals surface area contributed by atoms with Crippen LogP contribution in [0, 0.1) is 0 Å². The van der Waals surface area contributed by atoms with Gasteiger partial charge in [-0.2, -0.15) is 0 Å². The number of nitrogen functional groups attached to an aromatic ring is 1. The van der Waals surface area contributed by atoms with Crippen molar-refractivity contribution >= 4 is 17.0 Å². The van der Waals surface area contributed by atoms with Crippen molar-refractivity contribution < 1.29 is 31.6 Å². The smallest absolute Gasteiger partial charge is 0.356 e. The summed E-state index contributed by atoms with van der Waals surface area (Å²) in [5.74, 6) is 1.91. The molecule has 3 aromatic rings. The van der Waals surface area contributed by atoms with Crippen molar-refractivity contribution in [2.75, 3.05) is 19.5 Å². The Labute approximate surface area is 171 Å². The van der Waals surface area contributed by atoms with Crippen LogP contribution in [0.2, 0.25) is 0 Å². The zero-order valence-corrected chi connectivity index (χ0v) is 17.1. The highest BCUT2D eigenvalue weighted by Crippen LogP contribution is 2.26. The monoisotopic (exact) mass is 405 g/mol. The summed E-state index contributed by atoms with van der Waals surface area (Å²) in [5.41, 5.74) is 8.51. The Balaban J connectivity index is 0.00000280. The van der Waals surface area contributed by atoms with Crippen molar-refractivity contribution in [1.82, 2.24) is 4.57 Å². The van der Waals surface area contributed by atoms with Crippen molar-refractivity contribution in [3.63, 3.8) is 0 Å². The van der Waals surface area contributed by atoms with E-state index < -0.39 is 6.10 Å². The molecular formula is C21H28ClN3O3. The molecule has 1 atom stereocenters. The Morgan fingerprint density at radius 1 is 1.11 bits per heavy atom. The molecule has 0 aliphatic carbocycles. The molecule has 2 aromatic carbocycles. The molecular weight excluding hydrogens is 378 g/mol. The third-order valence-corrected chi connectivity index (χ3v) is 4.65. The normalized spacial score (nSPS) is 11.8. The highest BCUT2D eigenvalue weighted by Gasteiger charge is 2.22. The van der Waals surface area contributed by atoms with Crippen LogP contribution < -0.4 is 32.2 Å². The Hall–Kier alpha value is -2.44. The van der Waals surface area contributed by atoms with Crippen LogP contribution in [0.1, 0.15) is 19.8 Å². The first-order valence-electron chi connectivity index (χ1n) is 9.36. The van der Waals surface area contributed by atoms with Gasteiger partial charge in [-0.25, -0.2) is 9.13 Å². The number of aromatic nitrogens is 2. The van der Waals surface area contributed by atoms with Crippen molar-refractivity contribution in [2.24, 2.45) is 0 Å². The second-order valence-electron chi connectivity index (χ2n) is 6.58. The Morgan fingerprint density at radius 2 is 1.79 bits per heavy atom. The lowest BCUT2D eigenvalue weighted by atomic mass is 10.3. The first-order valence-corrected chi connectivity index (χ1v) is 9.36. The number of anilines is 1. The number of nitrogens with zero attached hydrogens (tertiary/aromatic N) is 2. The van der Waals surface area contributed by atoms with Crippen LogP contribution in [0.3, 0.4) is 0 Å². The van der Waals surface area contributed by atoms with Crippen LogP contribution >= 0.6 is 0 Å². The quantitative estimate of drug-likeness (QED) is 0.482. The lowest BCUT2D eigenvalue weighted by Crippen LogP contribution is -3.00. The average Bonchev–Trinajstić information content (AvgIpc) is 2.96. The van der Waals surface area contributed by atoms with Crippen molar-refractivity contribution in [3.05, 3.63) is 48.5 Å². The van der Waals surface area contributed by atoms with Crippen molar-refractivity contribution in [2.45, 2.75) is 39.0 Å². The van der Waals surface area contributed by atoms with E-state index in [1.54, 1.807) is 7.11 Å². The standard InChI is InChI=1S/C21H27N3O3.ClH/c1-3-4-13-23-17-9-5-6-10-18(17)24(21(23)22)14-16(25)15-27-20-12-8-7-11-19(20)26-2;/h5-12,16,22,25H,3-4,13-15H2,1-2H3;1H. The Kier molecular flexibility index (Phi) is 7.96. The topological polar surface area (TPSA) is 73.5 Å². The molecule has 3 N–H and O–H groups in total. The number of unbranched alkanes of at least 4 members (excludes halogenated alkanes) is 1. The van der Waals surface area contributed by atoms with Gasteiger partial charge in [0.1, 0.15) is 30.3 Å². The molecule has 28 heavy (non-hydrogen) atoms. The van der Waals surface area contributed by atoms with E-state index in [1.165, 1.54) is 0 Å². The molecule has 0 saturated heterocycles. The van der Waals surface area contributed by atoms with E-state index in [4.69, 9.17) is 15.2 Å². The number of halogens is 1. The lowest BCUT2D eigenvalue weighted by Gasteiger charge is -2.14. The fourth-order valence-electron chi connectivity index (χ4n) is 3.24. The fraction of sp³-hybridized carbons (Fsp3) is 0.381. The van der Waals surface area contributed by atoms with E-state index >= 15 is 0 Å². The van der Waals surface area contributed by atoms with Gasteiger partial charge in [0, 0.05) is 0 Å². The minimum Gasteiger partial charge on any atom is -1.00 e. The molecule has 1 aromatic heterocycles. The zero-order chi connectivity index (χ0) is 19.2. The zero-order valence-electron chi connectivity index (χ0n) is 16.3. The van der Waals surface area contributed by atoms with Crippen LogP contribution in [-0.2, 0) is 13.1 Å². The minimum atomic E-state index is -0.701. The summed E-state index contributed by atoms with van der Waals surface area (Å²) in [6.45, 7) is 3.54. The number of hydrogen-bond donors (Lipinski definition) is 2. The summed E-state index contributed by atoms with van der Waals surface area (Å²) in [5, 5.41) is 10.5. The number of imidazole rings is 1.